The van der Waals surface area contributed by atoms with Gasteiger partial charge in [0, 0.05) is 22.4 Å². The maximum absolute atomic E-state index is 4.58. The van der Waals surface area contributed by atoms with Crippen LogP contribution in [0.3, 0.4) is 0 Å². The van der Waals surface area contributed by atoms with Crippen molar-refractivity contribution in [3.05, 3.63) is 28.5 Å². The van der Waals surface area contributed by atoms with E-state index in [1.807, 2.05) is 6.20 Å². The largest absolute Gasteiger partial charge is 0.314 e. The van der Waals surface area contributed by atoms with Gasteiger partial charge in [-0.05, 0) is 78.5 Å². The third kappa shape index (κ3) is 5.37. The molecule has 1 aromatic rings. The first kappa shape index (κ1) is 17.0. The molecule has 1 N–H and O–H groups in total. The van der Waals surface area contributed by atoms with Crippen LogP contribution in [0.5, 0.6) is 0 Å². The molecule has 2 nitrogen and oxygen atoms in total. The molecule has 0 aromatic carbocycles. The van der Waals surface area contributed by atoms with E-state index in [1.165, 1.54) is 44.2 Å². The minimum absolute atomic E-state index is 0.684. The summed E-state index contributed by atoms with van der Waals surface area (Å²) in [6.45, 7) is 5.71. The Bertz CT molecular complexity index is 404. The minimum Gasteiger partial charge on any atom is -0.314 e. The SMILES string of the molecule is CCCNC1CCC(CCC)CC1Cc1ccc(Br)cn1. The highest BCUT2D eigenvalue weighted by molar-refractivity contribution is 9.10. The molecule has 1 aliphatic carbocycles. The molecular formula is C18H29BrN2. The molecule has 0 amide bonds. The summed E-state index contributed by atoms with van der Waals surface area (Å²) in [4.78, 5) is 4.58. The van der Waals surface area contributed by atoms with E-state index in [1.54, 1.807) is 0 Å². The molecule has 0 bridgehead atoms. The molecule has 0 saturated heterocycles. The molecule has 118 valence electrons. The summed E-state index contributed by atoms with van der Waals surface area (Å²) in [7, 11) is 0. The van der Waals surface area contributed by atoms with Crippen LogP contribution in [-0.4, -0.2) is 17.6 Å². The lowest BCUT2D eigenvalue weighted by Gasteiger charge is -2.37. The van der Waals surface area contributed by atoms with Crippen LogP contribution in [0.1, 0.15) is 58.1 Å². The molecule has 1 heterocycles. The van der Waals surface area contributed by atoms with Crippen LogP contribution in [0.25, 0.3) is 0 Å². The Kier molecular flexibility index (Phi) is 7.18. The highest BCUT2D eigenvalue weighted by Gasteiger charge is 2.29. The summed E-state index contributed by atoms with van der Waals surface area (Å²) in [6, 6.07) is 4.97. The second-order valence-corrected chi connectivity index (χ2v) is 7.38. The van der Waals surface area contributed by atoms with Gasteiger partial charge in [-0.2, -0.15) is 0 Å². The Morgan fingerprint density at radius 2 is 2.10 bits per heavy atom. The van der Waals surface area contributed by atoms with Gasteiger partial charge in [0.25, 0.3) is 0 Å². The fraction of sp³-hybridized carbons (Fsp3) is 0.722. The van der Waals surface area contributed by atoms with Crippen molar-refractivity contribution < 1.29 is 0 Å². The summed E-state index contributed by atoms with van der Waals surface area (Å²) in [5.74, 6) is 1.67. The maximum atomic E-state index is 4.58. The average Bonchev–Trinajstić information content (AvgIpc) is 2.49. The van der Waals surface area contributed by atoms with Crippen LogP contribution in [0.4, 0.5) is 0 Å². The van der Waals surface area contributed by atoms with Crippen LogP contribution < -0.4 is 5.32 Å². The van der Waals surface area contributed by atoms with Crippen molar-refractivity contribution in [3.8, 4) is 0 Å². The lowest BCUT2D eigenvalue weighted by atomic mass is 9.74. The molecular weight excluding hydrogens is 324 g/mol. The van der Waals surface area contributed by atoms with Crippen LogP contribution in [0.15, 0.2) is 22.8 Å². The number of aromatic nitrogens is 1. The summed E-state index contributed by atoms with van der Waals surface area (Å²) in [5, 5.41) is 3.78. The molecule has 0 spiro atoms. The number of hydrogen-bond acceptors (Lipinski definition) is 2. The van der Waals surface area contributed by atoms with Crippen molar-refractivity contribution in [1.29, 1.82) is 0 Å². The molecule has 3 unspecified atom stereocenters. The predicted molar refractivity (Wildman–Crippen MR) is 93.5 cm³/mol. The molecule has 21 heavy (non-hydrogen) atoms. The van der Waals surface area contributed by atoms with Gasteiger partial charge in [-0.25, -0.2) is 0 Å². The van der Waals surface area contributed by atoms with Gasteiger partial charge in [-0.15, -0.1) is 0 Å². The predicted octanol–water partition coefficient (Wildman–Crippen LogP) is 4.97. The van der Waals surface area contributed by atoms with Crippen LogP contribution in [-0.2, 0) is 6.42 Å². The highest BCUT2D eigenvalue weighted by Crippen LogP contribution is 2.34. The van der Waals surface area contributed by atoms with Gasteiger partial charge in [0.1, 0.15) is 0 Å². The van der Waals surface area contributed by atoms with Gasteiger partial charge >= 0.3 is 0 Å². The molecule has 1 saturated carbocycles. The average molecular weight is 353 g/mol. The summed E-state index contributed by atoms with van der Waals surface area (Å²) in [5.41, 5.74) is 1.24. The van der Waals surface area contributed by atoms with Gasteiger partial charge in [0.05, 0.1) is 0 Å². The van der Waals surface area contributed by atoms with Crippen molar-refractivity contribution in [3.63, 3.8) is 0 Å². The molecule has 1 fully saturated rings. The first-order valence-corrected chi connectivity index (χ1v) is 9.36. The van der Waals surface area contributed by atoms with E-state index >= 15 is 0 Å². The van der Waals surface area contributed by atoms with E-state index in [4.69, 9.17) is 0 Å². The van der Waals surface area contributed by atoms with E-state index < -0.39 is 0 Å². The Hall–Kier alpha value is -0.410. The van der Waals surface area contributed by atoms with Crippen LogP contribution in [0.2, 0.25) is 0 Å². The molecule has 3 atom stereocenters. The fourth-order valence-corrected chi connectivity index (χ4v) is 3.89. The molecule has 1 aromatic heterocycles. The minimum atomic E-state index is 0.684. The quantitative estimate of drug-likeness (QED) is 0.748. The Balaban J connectivity index is 1.99. The Morgan fingerprint density at radius 3 is 2.76 bits per heavy atom. The topological polar surface area (TPSA) is 24.9 Å². The maximum Gasteiger partial charge on any atom is 0.0413 e. The normalized spacial score (nSPS) is 26.0. The zero-order chi connectivity index (χ0) is 15.1. The third-order valence-electron chi connectivity index (χ3n) is 4.70. The standard InChI is InChI=1S/C18H29BrN2/c1-3-5-14-6-9-18(20-10-4-2)15(11-14)12-17-8-7-16(19)13-21-17/h7-8,13-15,18,20H,3-6,9-12H2,1-2H3. The smallest absolute Gasteiger partial charge is 0.0413 e. The zero-order valence-electron chi connectivity index (χ0n) is 13.4. The molecule has 2 rings (SSSR count). The first-order valence-electron chi connectivity index (χ1n) is 8.56. The van der Waals surface area contributed by atoms with Crippen molar-refractivity contribution in [1.82, 2.24) is 10.3 Å². The number of rotatable bonds is 7. The summed E-state index contributed by atoms with van der Waals surface area (Å²) >= 11 is 3.47. The number of nitrogens with zero attached hydrogens (tertiary/aromatic N) is 1. The zero-order valence-corrected chi connectivity index (χ0v) is 15.0. The van der Waals surface area contributed by atoms with E-state index in [0.29, 0.717) is 6.04 Å². The van der Waals surface area contributed by atoms with Gasteiger partial charge in [0.15, 0.2) is 0 Å². The third-order valence-corrected chi connectivity index (χ3v) is 5.17. The van der Waals surface area contributed by atoms with E-state index in [-0.39, 0.29) is 0 Å². The monoisotopic (exact) mass is 352 g/mol. The van der Waals surface area contributed by atoms with Crippen molar-refractivity contribution in [2.24, 2.45) is 11.8 Å². The number of halogens is 1. The molecule has 0 radical (unpaired) electrons. The highest BCUT2D eigenvalue weighted by atomic mass is 79.9. The van der Waals surface area contributed by atoms with Crippen molar-refractivity contribution in [2.45, 2.75) is 64.8 Å². The van der Waals surface area contributed by atoms with Crippen molar-refractivity contribution >= 4 is 15.9 Å². The van der Waals surface area contributed by atoms with E-state index in [0.717, 1.165) is 29.3 Å². The number of hydrogen-bond donors (Lipinski definition) is 1. The number of pyridine rings is 1. The number of nitrogens with one attached hydrogen (secondary N) is 1. The van der Waals surface area contributed by atoms with Gasteiger partial charge in [0.2, 0.25) is 0 Å². The lowest BCUT2D eigenvalue weighted by Crippen LogP contribution is -2.42. The Morgan fingerprint density at radius 1 is 1.24 bits per heavy atom. The fourth-order valence-electron chi connectivity index (χ4n) is 3.65. The Labute approximate surface area is 138 Å². The van der Waals surface area contributed by atoms with E-state index in [9.17, 15) is 0 Å². The van der Waals surface area contributed by atoms with Gasteiger partial charge in [-0.1, -0.05) is 26.7 Å². The molecule has 1 aliphatic rings. The second-order valence-electron chi connectivity index (χ2n) is 6.46. The lowest BCUT2D eigenvalue weighted by molar-refractivity contribution is 0.193. The van der Waals surface area contributed by atoms with Crippen molar-refractivity contribution in [2.75, 3.05) is 6.54 Å². The van der Waals surface area contributed by atoms with Gasteiger partial charge in [-0.3, -0.25) is 4.98 Å². The van der Waals surface area contributed by atoms with E-state index in [2.05, 4.69) is 52.2 Å². The molecule has 3 heteroatoms. The summed E-state index contributed by atoms with van der Waals surface area (Å²) in [6.07, 6.45) is 11.1. The second kappa shape index (κ2) is 8.89. The summed E-state index contributed by atoms with van der Waals surface area (Å²) < 4.78 is 1.07. The van der Waals surface area contributed by atoms with Crippen LogP contribution >= 0.6 is 15.9 Å². The van der Waals surface area contributed by atoms with Crippen LogP contribution in [0, 0.1) is 11.8 Å². The molecule has 0 aliphatic heterocycles. The first-order chi connectivity index (χ1) is 10.2. The van der Waals surface area contributed by atoms with Gasteiger partial charge < -0.3 is 5.32 Å².